The molecule has 0 bridgehead atoms. The fourth-order valence-electron chi connectivity index (χ4n) is 14.3. The summed E-state index contributed by atoms with van der Waals surface area (Å²) in [5.74, 6) is 0.589. The minimum Gasteiger partial charge on any atom is -0.497 e. The molecule has 9 rings (SSSR count). The van der Waals surface area contributed by atoms with Gasteiger partial charge in [0.1, 0.15) is 29.9 Å². The Labute approximate surface area is 729 Å². The van der Waals surface area contributed by atoms with Crippen molar-refractivity contribution in [2.24, 2.45) is 17.2 Å². The highest BCUT2D eigenvalue weighted by Crippen LogP contribution is 2.24. The van der Waals surface area contributed by atoms with Gasteiger partial charge in [0.25, 0.3) is 0 Å². The summed E-state index contributed by atoms with van der Waals surface area (Å²) in [7, 11) is 6.00. The zero-order valence-corrected chi connectivity index (χ0v) is 72.9. The van der Waals surface area contributed by atoms with Crippen molar-refractivity contribution in [1.29, 1.82) is 0 Å². The van der Waals surface area contributed by atoms with E-state index < -0.39 is 72.6 Å². The Kier molecular flexibility index (Phi) is 45.0. The maximum absolute atomic E-state index is 14.1. The average molecular weight is 1720 g/mol. The molecule has 0 aromatic heterocycles. The second-order valence-electron chi connectivity index (χ2n) is 30.7. The molecule has 2 fully saturated rings. The summed E-state index contributed by atoms with van der Waals surface area (Å²) in [6.45, 7) is 5.09. The quantitative estimate of drug-likeness (QED) is 0.0128. The zero-order chi connectivity index (χ0) is 88.7. The van der Waals surface area contributed by atoms with Crippen LogP contribution in [0.5, 0.6) is 17.2 Å². The smallest absolute Gasteiger partial charge is 0.408 e. The van der Waals surface area contributed by atoms with Crippen LogP contribution in [0.3, 0.4) is 0 Å². The molecule has 28 nitrogen and oxygen atoms in total. The molecule has 2 heterocycles. The summed E-state index contributed by atoms with van der Waals surface area (Å²) in [5, 5.41) is 42.1. The van der Waals surface area contributed by atoms with Gasteiger partial charge in [-0.1, -0.05) is 158 Å². The van der Waals surface area contributed by atoms with E-state index in [0.29, 0.717) is 48.7 Å². The number of carbonyl (C=O) groups excluding carboxylic acids is 8. The van der Waals surface area contributed by atoms with E-state index in [1.54, 1.807) is 49.8 Å². The van der Waals surface area contributed by atoms with Gasteiger partial charge in [-0.25, -0.2) is 4.79 Å². The molecular weight excluding hydrogens is 1590 g/mol. The van der Waals surface area contributed by atoms with Crippen molar-refractivity contribution in [1.82, 2.24) is 40.4 Å². The number of rotatable bonds is 46. The van der Waals surface area contributed by atoms with E-state index in [9.17, 15) is 53.7 Å². The molecule has 2 aliphatic rings. The predicted octanol–water partition coefficient (Wildman–Crippen LogP) is 8.15. The number of hydrogen-bond donors (Lipinski definition) is 9. The predicted molar refractivity (Wildman–Crippen MR) is 476 cm³/mol. The number of aliphatic hydroxyl groups excluding tert-OH is 3. The second-order valence-corrected chi connectivity index (χ2v) is 31.7. The topological polar surface area (TPSA) is 383 Å². The van der Waals surface area contributed by atoms with Crippen LogP contribution >= 0.6 is 11.8 Å². The molecule has 9 atom stereocenters. The molecule has 0 spiro atoms. The van der Waals surface area contributed by atoms with Crippen LogP contribution in [0.4, 0.5) is 4.79 Å². The lowest BCUT2D eigenvalue weighted by atomic mass is 10.0. The van der Waals surface area contributed by atoms with E-state index in [-0.39, 0.29) is 121 Å². The lowest BCUT2D eigenvalue weighted by molar-refractivity contribution is -0.143. The third-order valence-electron chi connectivity index (χ3n) is 21.3. The summed E-state index contributed by atoms with van der Waals surface area (Å²) in [5.41, 5.74) is 25.4. The van der Waals surface area contributed by atoms with Crippen LogP contribution in [-0.4, -0.2) is 248 Å². The number of benzene rings is 7. The molecule has 6 amide bonds. The number of alkyl carbamates (subject to hydrolysis) is 1. The number of methoxy groups -OCH3 is 4. The average Bonchev–Trinajstić information content (AvgIpc) is 0.850. The number of likely N-dealkylation sites (tertiary alicyclic amines) is 2. The molecule has 29 heteroatoms. The molecule has 0 aliphatic carbocycles. The van der Waals surface area contributed by atoms with Gasteiger partial charge >= 0.3 is 18.0 Å². The van der Waals surface area contributed by atoms with E-state index in [4.69, 9.17) is 45.6 Å². The minimum atomic E-state index is -1.01. The normalized spacial score (nSPS) is 14.7. The van der Waals surface area contributed by atoms with Gasteiger partial charge < -0.3 is 90.8 Å². The first-order valence-corrected chi connectivity index (χ1v) is 43.8. The van der Waals surface area contributed by atoms with Crippen LogP contribution in [0.25, 0.3) is 0 Å². The van der Waals surface area contributed by atoms with Crippen LogP contribution in [0.1, 0.15) is 116 Å². The second kappa shape index (κ2) is 55.6. The lowest BCUT2D eigenvalue weighted by Gasteiger charge is -2.32. The molecule has 668 valence electrons. The Bertz CT molecular complexity index is 4270. The van der Waals surface area contributed by atoms with Gasteiger partial charge in [-0.2, -0.15) is 11.8 Å². The largest absolute Gasteiger partial charge is 0.497 e. The highest BCUT2D eigenvalue weighted by Gasteiger charge is 2.34. The fourth-order valence-corrected chi connectivity index (χ4v) is 14.8. The Morgan fingerprint density at radius 3 is 1.09 bits per heavy atom. The summed E-state index contributed by atoms with van der Waals surface area (Å²) in [6.07, 6.45) is 6.86. The van der Waals surface area contributed by atoms with Gasteiger partial charge in [0.2, 0.25) is 29.5 Å². The number of hydrogen-bond acceptors (Lipinski definition) is 23. The van der Waals surface area contributed by atoms with Crippen LogP contribution < -0.4 is 47.4 Å². The van der Waals surface area contributed by atoms with Crippen molar-refractivity contribution >= 4 is 59.3 Å². The number of ether oxygens (including phenoxy) is 6. The number of nitrogens with one attached hydrogen (secondary N) is 3. The van der Waals surface area contributed by atoms with Crippen molar-refractivity contribution in [3.63, 3.8) is 0 Å². The van der Waals surface area contributed by atoms with E-state index in [0.717, 1.165) is 104 Å². The Balaban J connectivity index is 0.000000254. The van der Waals surface area contributed by atoms with Gasteiger partial charge in [-0.05, 0) is 171 Å². The van der Waals surface area contributed by atoms with E-state index in [2.05, 4.69) is 16.0 Å². The van der Waals surface area contributed by atoms with Crippen molar-refractivity contribution < 1.29 is 82.1 Å². The molecule has 7 aromatic carbocycles. The maximum atomic E-state index is 14.1. The van der Waals surface area contributed by atoms with Crippen LogP contribution in [0.15, 0.2) is 194 Å². The van der Waals surface area contributed by atoms with Crippen molar-refractivity contribution in [2.45, 2.75) is 178 Å². The molecule has 2 aliphatic heterocycles. The highest BCUT2D eigenvalue weighted by molar-refractivity contribution is 7.98. The number of nitrogens with two attached hydrogens (primary N) is 3. The Hall–Kier alpha value is -10.5. The van der Waals surface area contributed by atoms with Gasteiger partial charge in [-0.15, -0.1) is 0 Å². The molecule has 123 heavy (non-hydrogen) atoms. The third kappa shape index (κ3) is 36.5. The van der Waals surface area contributed by atoms with Crippen LogP contribution in [0, 0.1) is 0 Å². The SMILES string of the molecule is CCOC(=O)CN[C@H](CCC(=O)N1CCCCC1)C(=O)N(Cc1cccc(OC)c1)C[C@@H](O)[C@@H](N)Cc1ccccc1.COC(=O)CN[C@@H](CCC(=O)N1CCCCC1)C(=O)N(Cc1cccc(OC)c1)C[C@@H](O)[C@@H](N)Cc1ccccc1.COc1cccc(CN(C[C@@H](O)[C@@H](N)Cc2ccccc2)C(=O)C(CCSC)NC(=O)OCc2ccccc2)c1. The molecule has 12 N–H and O–H groups in total. The van der Waals surface area contributed by atoms with Gasteiger partial charge in [0, 0.05) is 96.4 Å². The van der Waals surface area contributed by atoms with Gasteiger partial charge in [-0.3, -0.25) is 44.2 Å². The molecule has 7 aromatic rings. The monoisotopic (exact) mass is 1720 g/mol. The van der Waals surface area contributed by atoms with E-state index >= 15 is 0 Å². The molecule has 0 saturated carbocycles. The Morgan fingerprint density at radius 2 is 0.756 bits per heavy atom. The number of amides is 6. The van der Waals surface area contributed by atoms with Gasteiger partial charge in [0.05, 0.1) is 78.5 Å². The van der Waals surface area contributed by atoms with Crippen molar-refractivity contribution in [3.05, 3.63) is 233 Å². The number of thioether (sulfide) groups is 1. The van der Waals surface area contributed by atoms with Gasteiger partial charge in [0.15, 0.2) is 0 Å². The minimum absolute atomic E-state index is 0.000550. The van der Waals surface area contributed by atoms with Crippen LogP contribution in [0.2, 0.25) is 0 Å². The molecule has 2 saturated heterocycles. The first-order chi connectivity index (χ1) is 59.5. The fraction of sp³-hybridized carbons (Fsp3) is 0.468. The standard InChI is InChI=1S/C32H46N4O6.C31H44N4O6.C31H39N3O5S/c1-3-42-31(39)21-34-28(15-16-30(38)35-17-8-5-9-18-35)32(40)36(22-25-13-10-14-26(19-25)41-2)23-29(37)27(33)20-24-11-6-4-7-12-24;1-40-25-13-9-12-24(18-25)21-35(22-28(36)26(32)19-23-10-5-3-6-11-23)31(39)27(33-20-30(38)41-2)14-15-29(37)34-16-7-4-8-17-34;1-38-26-15-9-14-25(18-26)20-34(21-29(35)27(32)19-23-10-5-3-6-11-23)30(36)28(16-17-40-2)33-31(37)39-22-24-12-7-4-8-13-24/h4,6-7,10-14,19,27-29,34,37H,3,5,8-9,15-18,20-23,33H2,1-2H3;3,5-6,9-13,18,26-28,33,36H,4,7-8,14-17,19-22,32H2,1-2H3;3-15,18,27-29,35H,16-17,19-22,32H2,1-2H3,(H,33,37)/t27-,28+,29+;26-,27-,28+;27-,28?,29+/m000/s1. The highest BCUT2D eigenvalue weighted by atomic mass is 32.2. The van der Waals surface area contributed by atoms with Crippen molar-refractivity contribution in [2.75, 3.05) is 106 Å². The molecule has 1 unspecified atom stereocenters. The Morgan fingerprint density at radius 1 is 0.423 bits per heavy atom. The number of carbonyl (C=O) groups is 8. The van der Waals surface area contributed by atoms with E-state index in [1.807, 2.05) is 210 Å². The molecule has 0 radical (unpaired) electrons. The first kappa shape index (κ1) is 99.6. The van der Waals surface area contributed by atoms with Crippen LogP contribution in [-0.2, 0) is 93.3 Å². The summed E-state index contributed by atoms with van der Waals surface area (Å²) in [4.78, 5) is 113. The number of aliphatic hydroxyl groups is 3. The lowest BCUT2D eigenvalue weighted by Crippen LogP contribution is -2.52. The molecular formula is C94H129N11O17S. The summed E-state index contributed by atoms with van der Waals surface area (Å²) in [6, 6.07) is 56.0. The van der Waals surface area contributed by atoms with Crippen molar-refractivity contribution in [3.8, 4) is 17.2 Å². The number of nitrogens with zero attached hydrogens (tertiary/aromatic N) is 5. The first-order valence-electron chi connectivity index (χ1n) is 42.4. The summed E-state index contributed by atoms with van der Waals surface area (Å²) < 4.78 is 31.3. The van der Waals surface area contributed by atoms with E-state index in [1.165, 1.54) is 12.0 Å². The zero-order valence-electron chi connectivity index (χ0n) is 72.1. The third-order valence-corrected chi connectivity index (χ3v) is 22.0. The number of esters is 2. The maximum Gasteiger partial charge on any atom is 0.408 e. The summed E-state index contributed by atoms with van der Waals surface area (Å²) >= 11 is 1.58. The number of piperidine rings is 2.